The number of hydrogen-bond acceptors (Lipinski definition) is 8. The monoisotopic (exact) mass is 504 g/mol. The number of nitrogens with two attached hydrogens (primary N) is 1. The zero-order chi connectivity index (χ0) is 26.7. The van der Waals surface area contributed by atoms with Crippen molar-refractivity contribution < 1.29 is 13.9 Å². The fourth-order valence-electron chi connectivity index (χ4n) is 3.85. The predicted octanol–water partition coefficient (Wildman–Crippen LogP) is 6.19. The molecule has 198 valence electrons. The standard InChI is InChI=1S/C14H16N8.C8H16O.C3H6F2/c1-8-10(20-17-3)4-5-11(18-8)9-6-7-22-12(9)13(15)19-14(16-2)21-22;1-2-8(9)6-4-3-5-7-8;1-2-3(4)5/h4-7H,1-3H3,(H3,15,16,19,21);9H,2-7H2,1H3;3H,2H2,1H3. The van der Waals surface area contributed by atoms with Crippen molar-refractivity contribution in [2.45, 2.75) is 77.7 Å². The molecule has 0 saturated heterocycles. The molecule has 3 heterocycles. The topological polar surface area (TPSA) is 126 Å². The number of aromatic nitrogens is 4. The highest BCUT2D eigenvalue weighted by atomic mass is 19.3. The largest absolute Gasteiger partial charge is 0.390 e. The fraction of sp³-hybridized carbons (Fsp3) is 0.560. The average molecular weight is 505 g/mol. The van der Waals surface area contributed by atoms with E-state index in [1.165, 1.54) is 26.2 Å². The highest BCUT2D eigenvalue weighted by Gasteiger charge is 2.26. The van der Waals surface area contributed by atoms with Crippen LogP contribution in [0.1, 0.15) is 64.5 Å². The van der Waals surface area contributed by atoms with Gasteiger partial charge in [0.25, 0.3) is 0 Å². The number of aliphatic hydroxyl groups is 1. The van der Waals surface area contributed by atoms with E-state index in [0.717, 1.165) is 47.4 Å². The number of fused-ring (bicyclic) bond motifs is 1. The first-order chi connectivity index (χ1) is 17.2. The third-order valence-electron chi connectivity index (χ3n) is 6.05. The molecule has 3 aromatic heterocycles. The van der Waals surface area contributed by atoms with E-state index in [1.54, 1.807) is 18.6 Å². The van der Waals surface area contributed by atoms with Crippen LogP contribution in [0.2, 0.25) is 0 Å². The van der Waals surface area contributed by atoms with E-state index >= 15 is 0 Å². The lowest BCUT2D eigenvalue weighted by atomic mass is 9.83. The second-order valence-corrected chi connectivity index (χ2v) is 8.63. The van der Waals surface area contributed by atoms with Crippen LogP contribution >= 0.6 is 0 Å². The summed E-state index contributed by atoms with van der Waals surface area (Å²) in [4.78, 5) is 8.80. The summed E-state index contributed by atoms with van der Waals surface area (Å²) in [5, 5.41) is 24.7. The summed E-state index contributed by atoms with van der Waals surface area (Å²) < 4.78 is 23.2. The van der Waals surface area contributed by atoms with Gasteiger partial charge in [-0.2, -0.15) is 15.2 Å². The smallest absolute Gasteiger partial charge is 0.242 e. The number of alkyl halides is 2. The first-order valence-corrected chi connectivity index (χ1v) is 12.3. The molecule has 0 atom stereocenters. The molecule has 0 aromatic carbocycles. The van der Waals surface area contributed by atoms with Crippen molar-refractivity contribution in [2.24, 2.45) is 10.2 Å². The Morgan fingerprint density at radius 2 is 1.83 bits per heavy atom. The van der Waals surface area contributed by atoms with Gasteiger partial charge >= 0.3 is 0 Å². The van der Waals surface area contributed by atoms with E-state index in [4.69, 9.17) is 5.73 Å². The lowest BCUT2D eigenvalue weighted by Crippen LogP contribution is -2.29. The van der Waals surface area contributed by atoms with Crippen molar-refractivity contribution in [1.29, 1.82) is 0 Å². The van der Waals surface area contributed by atoms with E-state index in [2.05, 4.69) is 37.5 Å². The minimum atomic E-state index is -2.12. The van der Waals surface area contributed by atoms with E-state index in [1.807, 2.05) is 31.3 Å². The molecule has 9 nitrogen and oxygen atoms in total. The van der Waals surface area contributed by atoms with Gasteiger partial charge in [0.05, 0.1) is 17.0 Å². The van der Waals surface area contributed by atoms with Crippen LogP contribution in [0.3, 0.4) is 0 Å². The SMILES string of the molecule is CCC(F)F.CCC1(O)CCCCC1.CN=Nc1ccc(-c2ccn3nc(NC)nc(N)c23)nc1C. The molecule has 0 amide bonds. The number of rotatable bonds is 5. The van der Waals surface area contributed by atoms with Crippen LogP contribution < -0.4 is 11.1 Å². The van der Waals surface area contributed by atoms with Crippen molar-refractivity contribution in [3.05, 3.63) is 30.1 Å². The normalized spacial score (nSPS) is 14.8. The Morgan fingerprint density at radius 1 is 1.17 bits per heavy atom. The van der Waals surface area contributed by atoms with Gasteiger partial charge in [-0.1, -0.05) is 33.1 Å². The zero-order valence-electron chi connectivity index (χ0n) is 21.8. The maximum absolute atomic E-state index is 10.8. The third-order valence-corrected chi connectivity index (χ3v) is 6.05. The van der Waals surface area contributed by atoms with Crippen molar-refractivity contribution in [2.75, 3.05) is 25.1 Å². The zero-order valence-corrected chi connectivity index (χ0v) is 21.8. The molecular formula is C25H38F2N8O. The van der Waals surface area contributed by atoms with Gasteiger partial charge in [-0.3, -0.25) is 4.98 Å². The first-order valence-electron chi connectivity index (χ1n) is 12.3. The van der Waals surface area contributed by atoms with Gasteiger partial charge in [-0.15, -0.1) is 5.10 Å². The molecule has 36 heavy (non-hydrogen) atoms. The Balaban J connectivity index is 0.000000268. The number of nitrogen functional groups attached to an aromatic ring is 1. The number of hydrogen-bond donors (Lipinski definition) is 3. The van der Waals surface area contributed by atoms with Crippen LogP contribution in [0.15, 0.2) is 34.6 Å². The van der Waals surface area contributed by atoms with Crippen molar-refractivity contribution >= 4 is 23.0 Å². The molecule has 4 N–H and O–H groups in total. The van der Waals surface area contributed by atoms with Crippen LogP contribution in [0, 0.1) is 6.92 Å². The van der Waals surface area contributed by atoms with Crippen LogP contribution in [0.4, 0.5) is 26.2 Å². The molecule has 0 bridgehead atoms. The highest BCUT2D eigenvalue weighted by Crippen LogP contribution is 2.31. The fourth-order valence-corrected chi connectivity index (χ4v) is 3.85. The molecule has 4 rings (SSSR count). The van der Waals surface area contributed by atoms with Crippen LogP contribution in [0.5, 0.6) is 0 Å². The van der Waals surface area contributed by atoms with Gasteiger partial charge in [0.1, 0.15) is 11.2 Å². The van der Waals surface area contributed by atoms with Gasteiger partial charge < -0.3 is 16.2 Å². The van der Waals surface area contributed by atoms with Gasteiger partial charge in [-0.25, -0.2) is 13.3 Å². The molecule has 1 saturated carbocycles. The molecule has 0 spiro atoms. The molecule has 0 unspecified atom stereocenters. The highest BCUT2D eigenvalue weighted by molar-refractivity contribution is 5.86. The minimum absolute atomic E-state index is 0.0278. The number of pyridine rings is 1. The molecule has 1 fully saturated rings. The van der Waals surface area contributed by atoms with Crippen LogP contribution in [-0.2, 0) is 0 Å². The molecule has 0 radical (unpaired) electrons. The summed E-state index contributed by atoms with van der Waals surface area (Å²) in [7, 11) is 3.38. The Bertz CT molecular complexity index is 1130. The Morgan fingerprint density at radius 3 is 2.33 bits per heavy atom. The van der Waals surface area contributed by atoms with Gasteiger partial charge in [-0.05, 0) is 44.4 Å². The maximum Gasteiger partial charge on any atom is 0.242 e. The third kappa shape index (κ3) is 7.91. The summed E-state index contributed by atoms with van der Waals surface area (Å²) in [5.74, 6) is 0.867. The van der Waals surface area contributed by atoms with Crippen molar-refractivity contribution in [3.8, 4) is 11.3 Å². The van der Waals surface area contributed by atoms with E-state index in [9.17, 15) is 13.9 Å². The van der Waals surface area contributed by atoms with E-state index < -0.39 is 6.43 Å². The van der Waals surface area contributed by atoms with Gasteiger partial charge in [0.15, 0.2) is 5.82 Å². The van der Waals surface area contributed by atoms with Gasteiger partial charge in [0, 0.05) is 32.3 Å². The summed E-state index contributed by atoms with van der Waals surface area (Å²) in [6.07, 6.45) is 6.46. The first kappa shape index (κ1) is 29.0. The van der Waals surface area contributed by atoms with Crippen LogP contribution in [-0.4, -0.2) is 50.8 Å². The van der Waals surface area contributed by atoms with E-state index in [0.29, 0.717) is 11.8 Å². The number of halogens is 2. The Kier molecular flexibility index (Phi) is 11.1. The molecule has 3 aromatic rings. The molecule has 1 aliphatic carbocycles. The number of nitrogens with zero attached hydrogens (tertiary/aromatic N) is 6. The number of azo groups is 1. The number of anilines is 2. The predicted molar refractivity (Wildman–Crippen MR) is 140 cm³/mol. The molecule has 0 aliphatic heterocycles. The summed E-state index contributed by atoms with van der Waals surface area (Å²) in [6, 6.07) is 5.69. The second-order valence-electron chi connectivity index (χ2n) is 8.63. The van der Waals surface area contributed by atoms with Crippen molar-refractivity contribution in [3.63, 3.8) is 0 Å². The lowest BCUT2D eigenvalue weighted by molar-refractivity contribution is 0.000670. The number of nitrogens with one attached hydrogen (secondary N) is 1. The maximum atomic E-state index is 10.8. The van der Waals surface area contributed by atoms with Crippen LogP contribution in [0.25, 0.3) is 16.8 Å². The minimum Gasteiger partial charge on any atom is -0.390 e. The molecular weight excluding hydrogens is 466 g/mol. The van der Waals surface area contributed by atoms with Crippen molar-refractivity contribution in [1.82, 2.24) is 19.6 Å². The second kappa shape index (κ2) is 13.8. The summed E-state index contributed by atoms with van der Waals surface area (Å²) in [5.41, 5.74) is 9.73. The molecule has 11 heteroatoms. The number of aryl methyl sites for hydroxylation is 1. The van der Waals surface area contributed by atoms with Gasteiger partial charge in [0.2, 0.25) is 12.4 Å². The molecule has 1 aliphatic rings. The average Bonchev–Trinajstić information content (AvgIpc) is 3.31. The summed E-state index contributed by atoms with van der Waals surface area (Å²) >= 11 is 0. The lowest BCUT2D eigenvalue weighted by Gasteiger charge is -2.30. The quantitative estimate of drug-likeness (QED) is 0.356. The Labute approximate surface area is 211 Å². The van der Waals surface area contributed by atoms with E-state index in [-0.39, 0.29) is 12.0 Å². The summed E-state index contributed by atoms with van der Waals surface area (Å²) in [6.45, 7) is 5.42. The Hall–Kier alpha value is -3.21.